The standard InChI is InChI=1S/C19H26N2O2/c1-14-8-6-7-11-20(14)18(23)13-21-16-10-5-4-9-15(16)19(2,3)12-17(21)22/h4-5,9-10,14H,6-8,11-13H2,1-3H3. The minimum Gasteiger partial charge on any atom is -0.338 e. The second-order valence-corrected chi connectivity index (χ2v) is 7.49. The number of carbonyl (C=O) groups is 2. The van der Waals surface area contributed by atoms with E-state index in [1.165, 1.54) is 6.42 Å². The number of benzene rings is 1. The van der Waals surface area contributed by atoms with E-state index in [1.807, 2.05) is 23.1 Å². The Morgan fingerprint density at radius 2 is 2.00 bits per heavy atom. The molecule has 2 aliphatic heterocycles. The molecular formula is C19H26N2O2. The predicted octanol–water partition coefficient (Wildman–Crippen LogP) is 3.10. The summed E-state index contributed by atoms with van der Waals surface area (Å²) >= 11 is 0. The molecule has 3 rings (SSSR count). The van der Waals surface area contributed by atoms with Crippen molar-refractivity contribution in [3.63, 3.8) is 0 Å². The molecule has 1 fully saturated rings. The first-order chi connectivity index (χ1) is 10.9. The van der Waals surface area contributed by atoms with Gasteiger partial charge in [0, 0.05) is 30.1 Å². The molecule has 0 saturated carbocycles. The Morgan fingerprint density at radius 1 is 1.26 bits per heavy atom. The lowest BCUT2D eigenvalue weighted by Crippen LogP contribution is -2.50. The number of hydrogen-bond acceptors (Lipinski definition) is 2. The lowest BCUT2D eigenvalue weighted by atomic mass is 9.77. The number of carbonyl (C=O) groups excluding carboxylic acids is 2. The number of fused-ring (bicyclic) bond motifs is 1. The van der Waals surface area contributed by atoms with Gasteiger partial charge in [0.25, 0.3) is 0 Å². The van der Waals surface area contributed by atoms with Gasteiger partial charge < -0.3 is 9.80 Å². The summed E-state index contributed by atoms with van der Waals surface area (Å²) < 4.78 is 0. The second kappa shape index (κ2) is 5.99. The minimum atomic E-state index is -0.175. The van der Waals surface area contributed by atoms with E-state index in [0.717, 1.165) is 30.6 Å². The van der Waals surface area contributed by atoms with E-state index < -0.39 is 0 Å². The van der Waals surface area contributed by atoms with Gasteiger partial charge in [-0.25, -0.2) is 0 Å². The quantitative estimate of drug-likeness (QED) is 0.841. The summed E-state index contributed by atoms with van der Waals surface area (Å²) in [5.74, 6) is 0.117. The molecule has 0 spiro atoms. The predicted molar refractivity (Wildman–Crippen MR) is 91.5 cm³/mol. The van der Waals surface area contributed by atoms with E-state index in [9.17, 15) is 9.59 Å². The SMILES string of the molecule is CC1CCCCN1C(=O)CN1C(=O)CC(C)(C)c2ccccc21. The van der Waals surface area contributed by atoms with Crippen LogP contribution in [0.5, 0.6) is 0 Å². The number of piperidine rings is 1. The maximum absolute atomic E-state index is 12.7. The molecule has 2 heterocycles. The van der Waals surface area contributed by atoms with Crippen molar-refractivity contribution in [1.82, 2.24) is 4.90 Å². The number of nitrogens with zero attached hydrogens (tertiary/aromatic N) is 2. The van der Waals surface area contributed by atoms with E-state index >= 15 is 0 Å². The van der Waals surface area contributed by atoms with Crippen molar-refractivity contribution in [3.8, 4) is 0 Å². The maximum atomic E-state index is 12.7. The molecular weight excluding hydrogens is 288 g/mol. The Labute approximate surface area is 138 Å². The number of para-hydroxylation sites is 1. The molecule has 0 N–H and O–H groups in total. The summed E-state index contributed by atoms with van der Waals surface area (Å²) in [5.41, 5.74) is 1.87. The summed E-state index contributed by atoms with van der Waals surface area (Å²) in [7, 11) is 0. The van der Waals surface area contributed by atoms with E-state index in [4.69, 9.17) is 0 Å². The molecule has 1 unspecified atom stereocenters. The highest BCUT2D eigenvalue weighted by Gasteiger charge is 2.38. The Balaban J connectivity index is 1.85. The summed E-state index contributed by atoms with van der Waals surface area (Å²) in [5, 5.41) is 0. The van der Waals surface area contributed by atoms with Crippen molar-refractivity contribution in [2.24, 2.45) is 0 Å². The zero-order valence-corrected chi connectivity index (χ0v) is 14.3. The zero-order valence-electron chi connectivity index (χ0n) is 14.3. The fourth-order valence-electron chi connectivity index (χ4n) is 3.85. The third kappa shape index (κ3) is 2.99. The molecule has 0 aromatic heterocycles. The summed E-state index contributed by atoms with van der Waals surface area (Å²) in [6.45, 7) is 7.27. The van der Waals surface area contributed by atoms with Crippen molar-refractivity contribution in [3.05, 3.63) is 29.8 Å². The van der Waals surface area contributed by atoms with Gasteiger partial charge in [0.05, 0.1) is 0 Å². The molecule has 1 aromatic rings. The molecule has 0 bridgehead atoms. The van der Waals surface area contributed by atoms with Gasteiger partial charge in [-0.2, -0.15) is 0 Å². The van der Waals surface area contributed by atoms with Gasteiger partial charge in [-0.3, -0.25) is 9.59 Å². The zero-order chi connectivity index (χ0) is 16.6. The first kappa shape index (κ1) is 16.0. The van der Waals surface area contributed by atoms with Crippen LogP contribution in [0.3, 0.4) is 0 Å². The average Bonchev–Trinajstić information content (AvgIpc) is 2.51. The fraction of sp³-hybridized carbons (Fsp3) is 0.579. The highest BCUT2D eigenvalue weighted by Crippen LogP contribution is 2.39. The van der Waals surface area contributed by atoms with Crippen molar-refractivity contribution >= 4 is 17.5 Å². The van der Waals surface area contributed by atoms with Crippen LogP contribution in [0.1, 0.15) is 52.0 Å². The fourth-order valence-corrected chi connectivity index (χ4v) is 3.85. The van der Waals surface area contributed by atoms with Gasteiger partial charge in [0.2, 0.25) is 11.8 Å². The van der Waals surface area contributed by atoms with Gasteiger partial charge in [0.15, 0.2) is 0 Å². The summed E-state index contributed by atoms with van der Waals surface area (Å²) in [6.07, 6.45) is 3.76. The lowest BCUT2D eigenvalue weighted by molar-refractivity contribution is -0.134. The van der Waals surface area contributed by atoms with Gasteiger partial charge in [-0.15, -0.1) is 0 Å². The van der Waals surface area contributed by atoms with Crippen LogP contribution >= 0.6 is 0 Å². The molecule has 4 heteroatoms. The normalized spacial score (nSPS) is 23.6. The summed E-state index contributed by atoms with van der Waals surface area (Å²) in [4.78, 5) is 29.0. The molecule has 23 heavy (non-hydrogen) atoms. The number of likely N-dealkylation sites (tertiary alicyclic amines) is 1. The van der Waals surface area contributed by atoms with Crippen LogP contribution < -0.4 is 4.90 Å². The molecule has 2 aliphatic rings. The first-order valence-corrected chi connectivity index (χ1v) is 8.59. The molecule has 0 radical (unpaired) electrons. The van der Waals surface area contributed by atoms with Crippen LogP contribution in [-0.2, 0) is 15.0 Å². The Morgan fingerprint density at radius 3 is 2.74 bits per heavy atom. The molecule has 1 aromatic carbocycles. The van der Waals surface area contributed by atoms with Gasteiger partial charge in [0.1, 0.15) is 6.54 Å². The third-order valence-corrected chi connectivity index (χ3v) is 5.23. The Kier molecular flexibility index (Phi) is 4.17. The molecule has 124 valence electrons. The van der Waals surface area contributed by atoms with Crippen molar-refractivity contribution < 1.29 is 9.59 Å². The molecule has 1 saturated heterocycles. The monoisotopic (exact) mass is 314 g/mol. The topological polar surface area (TPSA) is 40.6 Å². The number of rotatable bonds is 2. The van der Waals surface area contributed by atoms with Crippen LogP contribution in [0.15, 0.2) is 24.3 Å². The summed E-state index contributed by atoms with van der Waals surface area (Å²) in [6, 6.07) is 8.25. The second-order valence-electron chi connectivity index (χ2n) is 7.49. The van der Waals surface area contributed by atoms with Gasteiger partial charge in [-0.1, -0.05) is 32.0 Å². The van der Waals surface area contributed by atoms with Gasteiger partial charge >= 0.3 is 0 Å². The maximum Gasteiger partial charge on any atom is 0.242 e. The minimum absolute atomic E-state index is 0.0479. The van der Waals surface area contributed by atoms with Crippen LogP contribution in [0.2, 0.25) is 0 Å². The highest BCUT2D eigenvalue weighted by molar-refractivity contribution is 6.02. The van der Waals surface area contributed by atoms with Gasteiger partial charge in [-0.05, 0) is 37.8 Å². The molecule has 0 aliphatic carbocycles. The Bertz CT molecular complexity index is 624. The van der Waals surface area contributed by atoms with Crippen LogP contribution in [0, 0.1) is 0 Å². The molecule has 1 atom stereocenters. The number of anilines is 1. The van der Waals surface area contributed by atoms with Crippen molar-refractivity contribution in [1.29, 1.82) is 0 Å². The van der Waals surface area contributed by atoms with E-state index in [2.05, 4.69) is 26.8 Å². The third-order valence-electron chi connectivity index (χ3n) is 5.23. The number of hydrogen-bond donors (Lipinski definition) is 0. The van der Waals surface area contributed by atoms with Crippen LogP contribution in [0.25, 0.3) is 0 Å². The number of amides is 2. The van der Waals surface area contributed by atoms with Crippen LogP contribution in [0.4, 0.5) is 5.69 Å². The van der Waals surface area contributed by atoms with Crippen LogP contribution in [-0.4, -0.2) is 35.8 Å². The van der Waals surface area contributed by atoms with E-state index in [-0.39, 0.29) is 29.8 Å². The molecule has 4 nitrogen and oxygen atoms in total. The average molecular weight is 314 g/mol. The Hall–Kier alpha value is -1.84. The highest BCUT2D eigenvalue weighted by atomic mass is 16.2. The molecule has 2 amide bonds. The largest absolute Gasteiger partial charge is 0.338 e. The van der Waals surface area contributed by atoms with E-state index in [1.54, 1.807) is 4.90 Å². The van der Waals surface area contributed by atoms with E-state index in [0.29, 0.717) is 6.42 Å². The van der Waals surface area contributed by atoms with Crippen molar-refractivity contribution in [2.75, 3.05) is 18.0 Å². The van der Waals surface area contributed by atoms with Crippen molar-refractivity contribution in [2.45, 2.75) is 57.9 Å². The smallest absolute Gasteiger partial charge is 0.242 e. The lowest BCUT2D eigenvalue weighted by Gasteiger charge is -2.40. The first-order valence-electron chi connectivity index (χ1n) is 8.59.